The van der Waals surface area contributed by atoms with Crippen LogP contribution in [0.15, 0.2) is 30.3 Å². The summed E-state index contributed by atoms with van der Waals surface area (Å²) in [6.45, 7) is 3.43. The van der Waals surface area contributed by atoms with Crippen molar-refractivity contribution in [3.63, 3.8) is 0 Å². The lowest BCUT2D eigenvalue weighted by Gasteiger charge is -2.28. The average Bonchev–Trinajstić information content (AvgIpc) is 2.56. The van der Waals surface area contributed by atoms with Crippen molar-refractivity contribution in [2.75, 3.05) is 32.7 Å². The minimum absolute atomic E-state index is 0.0288. The second-order valence-electron chi connectivity index (χ2n) is 6.15. The van der Waals surface area contributed by atoms with Gasteiger partial charge in [-0.2, -0.15) is 0 Å². The smallest absolute Gasteiger partial charge is 0.237 e. The molecule has 0 aromatic heterocycles. The number of rotatable bonds is 5. The van der Waals surface area contributed by atoms with Gasteiger partial charge in [0.1, 0.15) is 0 Å². The SMILES string of the molecule is NCCCN1CCCCC(=O)CN(Cc2ccccc2)C(=O)C1. The first-order valence-electron chi connectivity index (χ1n) is 8.45. The summed E-state index contributed by atoms with van der Waals surface area (Å²) in [6.07, 6.45) is 3.31. The van der Waals surface area contributed by atoms with Gasteiger partial charge in [0.05, 0.1) is 13.1 Å². The van der Waals surface area contributed by atoms with Crippen LogP contribution in [0.2, 0.25) is 0 Å². The Kier molecular flexibility index (Phi) is 7.23. The van der Waals surface area contributed by atoms with Crippen molar-refractivity contribution in [3.05, 3.63) is 35.9 Å². The van der Waals surface area contributed by atoms with Crippen LogP contribution in [-0.4, -0.2) is 54.2 Å². The highest BCUT2D eigenvalue weighted by molar-refractivity contribution is 5.87. The largest absolute Gasteiger partial charge is 0.330 e. The Balaban J connectivity index is 2.05. The van der Waals surface area contributed by atoms with Crippen LogP contribution in [0.1, 0.15) is 31.2 Å². The van der Waals surface area contributed by atoms with Gasteiger partial charge in [-0.1, -0.05) is 30.3 Å². The fourth-order valence-corrected chi connectivity index (χ4v) is 2.86. The molecule has 1 aliphatic heterocycles. The van der Waals surface area contributed by atoms with E-state index in [0.717, 1.165) is 37.9 Å². The second kappa shape index (κ2) is 9.43. The van der Waals surface area contributed by atoms with Gasteiger partial charge >= 0.3 is 0 Å². The molecule has 0 unspecified atom stereocenters. The molecule has 1 aliphatic rings. The zero-order valence-corrected chi connectivity index (χ0v) is 13.7. The van der Waals surface area contributed by atoms with Crippen molar-refractivity contribution < 1.29 is 9.59 Å². The van der Waals surface area contributed by atoms with Crippen molar-refractivity contribution in [3.8, 4) is 0 Å². The molecule has 0 radical (unpaired) electrons. The van der Waals surface area contributed by atoms with E-state index in [-0.39, 0.29) is 18.2 Å². The monoisotopic (exact) mass is 317 g/mol. The molecule has 126 valence electrons. The van der Waals surface area contributed by atoms with Crippen molar-refractivity contribution >= 4 is 11.7 Å². The first kappa shape index (κ1) is 17.6. The number of amides is 1. The van der Waals surface area contributed by atoms with Crippen molar-refractivity contribution in [2.45, 2.75) is 32.2 Å². The number of hydrogen-bond acceptors (Lipinski definition) is 4. The molecule has 5 nitrogen and oxygen atoms in total. The molecule has 2 N–H and O–H groups in total. The van der Waals surface area contributed by atoms with E-state index in [9.17, 15) is 9.59 Å². The standard InChI is InChI=1S/C18H27N3O2/c19-10-6-12-20-11-5-4-9-17(22)14-21(18(23)15-20)13-16-7-2-1-3-8-16/h1-3,7-8H,4-6,9-15,19H2. The molecule has 0 bridgehead atoms. The average molecular weight is 317 g/mol. The van der Waals surface area contributed by atoms with Crippen LogP contribution in [0.5, 0.6) is 0 Å². The number of hydrogen-bond donors (Lipinski definition) is 1. The summed E-state index contributed by atoms with van der Waals surface area (Å²) in [5.41, 5.74) is 6.64. The molecule has 1 amide bonds. The highest BCUT2D eigenvalue weighted by atomic mass is 16.2. The third-order valence-corrected chi connectivity index (χ3v) is 4.15. The lowest BCUT2D eigenvalue weighted by atomic mass is 10.1. The minimum Gasteiger partial charge on any atom is -0.330 e. The molecule has 23 heavy (non-hydrogen) atoms. The maximum absolute atomic E-state index is 12.7. The maximum Gasteiger partial charge on any atom is 0.237 e. The third-order valence-electron chi connectivity index (χ3n) is 4.15. The molecule has 1 heterocycles. The molecule has 0 atom stereocenters. The first-order valence-corrected chi connectivity index (χ1v) is 8.45. The summed E-state index contributed by atoms with van der Waals surface area (Å²) in [7, 11) is 0. The molecule has 1 aromatic rings. The van der Waals surface area contributed by atoms with Crippen LogP contribution in [0, 0.1) is 0 Å². The summed E-state index contributed by atoms with van der Waals surface area (Å²) >= 11 is 0. The fraction of sp³-hybridized carbons (Fsp3) is 0.556. The van der Waals surface area contributed by atoms with Gasteiger partial charge in [0.2, 0.25) is 5.91 Å². The molecule has 0 spiro atoms. The molecule has 0 saturated carbocycles. The number of nitrogens with two attached hydrogens (primary N) is 1. The quantitative estimate of drug-likeness (QED) is 0.892. The molecular formula is C18H27N3O2. The topological polar surface area (TPSA) is 66.6 Å². The van der Waals surface area contributed by atoms with Gasteiger partial charge in [0, 0.05) is 13.0 Å². The van der Waals surface area contributed by atoms with Gasteiger partial charge in [-0.25, -0.2) is 0 Å². The van der Waals surface area contributed by atoms with Gasteiger partial charge in [0.15, 0.2) is 5.78 Å². The lowest BCUT2D eigenvalue weighted by molar-refractivity contribution is -0.137. The number of ketones is 1. The number of carbonyl (C=O) groups is 2. The summed E-state index contributed by atoms with van der Waals surface area (Å²) in [5, 5.41) is 0. The third kappa shape index (κ3) is 6.12. The van der Waals surface area contributed by atoms with Crippen LogP contribution in [0.25, 0.3) is 0 Å². The highest BCUT2D eigenvalue weighted by Gasteiger charge is 2.21. The normalized spacial score (nSPS) is 18.2. The van der Waals surface area contributed by atoms with E-state index in [1.54, 1.807) is 4.90 Å². The Morgan fingerprint density at radius 1 is 1.04 bits per heavy atom. The Morgan fingerprint density at radius 3 is 2.57 bits per heavy atom. The zero-order chi connectivity index (χ0) is 16.5. The van der Waals surface area contributed by atoms with E-state index < -0.39 is 0 Å². The predicted molar refractivity (Wildman–Crippen MR) is 90.8 cm³/mol. The summed E-state index contributed by atoms with van der Waals surface area (Å²) in [6, 6.07) is 9.84. The lowest BCUT2D eigenvalue weighted by Crippen LogP contribution is -2.44. The number of carbonyl (C=O) groups excluding carboxylic acids is 2. The first-order chi connectivity index (χ1) is 11.2. The maximum atomic E-state index is 12.7. The summed E-state index contributed by atoms with van der Waals surface area (Å²) in [4.78, 5) is 28.6. The van der Waals surface area contributed by atoms with Gasteiger partial charge in [0.25, 0.3) is 0 Å². The Bertz CT molecular complexity index is 504. The van der Waals surface area contributed by atoms with Crippen LogP contribution in [0.4, 0.5) is 0 Å². The number of benzene rings is 1. The summed E-state index contributed by atoms with van der Waals surface area (Å²) in [5.74, 6) is 0.186. The Labute approximate surface area is 138 Å². The van der Waals surface area contributed by atoms with Gasteiger partial charge in [-0.15, -0.1) is 0 Å². The number of Topliss-reactive ketones (excluding diaryl/α,β-unsaturated/α-hetero) is 1. The minimum atomic E-state index is 0.0288. The van der Waals surface area contributed by atoms with E-state index in [0.29, 0.717) is 26.1 Å². The molecule has 1 fully saturated rings. The van der Waals surface area contributed by atoms with Crippen molar-refractivity contribution in [1.82, 2.24) is 9.80 Å². The zero-order valence-electron chi connectivity index (χ0n) is 13.7. The van der Waals surface area contributed by atoms with Crippen LogP contribution in [-0.2, 0) is 16.1 Å². The fourth-order valence-electron chi connectivity index (χ4n) is 2.86. The van der Waals surface area contributed by atoms with E-state index >= 15 is 0 Å². The van der Waals surface area contributed by atoms with Gasteiger partial charge < -0.3 is 10.6 Å². The van der Waals surface area contributed by atoms with Crippen LogP contribution in [0.3, 0.4) is 0 Å². The second-order valence-corrected chi connectivity index (χ2v) is 6.15. The van der Waals surface area contributed by atoms with Gasteiger partial charge in [-0.05, 0) is 44.5 Å². The van der Waals surface area contributed by atoms with E-state index in [1.165, 1.54) is 0 Å². The Hall–Kier alpha value is -1.72. The highest BCUT2D eigenvalue weighted by Crippen LogP contribution is 2.10. The molecular weight excluding hydrogens is 290 g/mol. The molecule has 0 aliphatic carbocycles. The molecule has 1 saturated heterocycles. The molecule has 1 aromatic carbocycles. The van der Waals surface area contributed by atoms with Crippen LogP contribution >= 0.6 is 0 Å². The molecule has 2 rings (SSSR count). The van der Waals surface area contributed by atoms with Crippen molar-refractivity contribution in [1.29, 1.82) is 0 Å². The van der Waals surface area contributed by atoms with Crippen LogP contribution < -0.4 is 5.73 Å². The Morgan fingerprint density at radius 2 is 1.83 bits per heavy atom. The van der Waals surface area contributed by atoms with Gasteiger partial charge in [-0.3, -0.25) is 14.5 Å². The molecule has 5 heteroatoms. The number of nitrogens with zero attached hydrogens (tertiary/aromatic N) is 2. The summed E-state index contributed by atoms with van der Waals surface area (Å²) < 4.78 is 0. The van der Waals surface area contributed by atoms with Crippen molar-refractivity contribution in [2.24, 2.45) is 5.73 Å². The van der Waals surface area contributed by atoms with E-state index in [4.69, 9.17) is 5.73 Å². The predicted octanol–water partition coefficient (Wildman–Crippen LogP) is 1.42. The van der Waals surface area contributed by atoms with E-state index in [2.05, 4.69) is 4.90 Å². The van der Waals surface area contributed by atoms with E-state index in [1.807, 2.05) is 30.3 Å².